The van der Waals surface area contributed by atoms with Gasteiger partial charge in [0, 0.05) is 18.2 Å². The molecule has 150 valence electrons. The van der Waals surface area contributed by atoms with Gasteiger partial charge in [0.1, 0.15) is 6.61 Å². The molecule has 1 unspecified atom stereocenters. The number of benzene rings is 2. The number of esters is 1. The third-order valence-electron chi connectivity index (χ3n) is 4.45. The molecular weight excluding hydrogens is 352 g/mol. The van der Waals surface area contributed by atoms with Gasteiger partial charge in [-0.2, -0.15) is 0 Å². The van der Waals surface area contributed by atoms with E-state index in [9.17, 15) is 9.59 Å². The minimum atomic E-state index is -0.359. The van der Waals surface area contributed by atoms with Gasteiger partial charge in [0.2, 0.25) is 0 Å². The van der Waals surface area contributed by atoms with E-state index in [4.69, 9.17) is 4.74 Å². The molecule has 2 aromatic rings. The third kappa shape index (κ3) is 6.20. The van der Waals surface area contributed by atoms with E-state index in [0.717, 1.165) is 24.0 Å². The van der Waals surface area contributed by atoms with Crippen LogP contribution in [0.2, 0.25) is 0 Å². The van der Waals surface area contributed by atoms with E-state index in [1.54, 1.807) is 12.1 Å². The van der Waals surface area contributed by atoms with Crippen LogP contribution in [-0.2, 0) is 4.74 Å². The third-order valence-corrected chi connectivity index (χ3v) is 4.45. The fourth-order valence-corrected chi connectivity index (χ4v) is 2.96. The summed E-state index contributed by atoms with van der Waals surface area (Å²) in [7, 11) is 3.86. The van der Waals surface area contributed by atoms with Gasteiger partial charge in [0.15, 0.2) is 0 Å². The molecule has 5 heteroatoms. The van der Waals surface area contributed by atoms with Crippen molar-refractivity contribution in [3.05, 3.63) is 59.7 Å². The summed E-state index contributed by atoms with van der Waals surface area (Å²) >= 11 is 0. The van der Waals surface area contributed by atoms with E-state index >= 15 is 0 Å². The number of carbonyl (C=O) groups excluding carboxylic acids is 2. The predicted molar refractivity (Wildman–Crippen MR) is 113 cm³/mol. The Hall–Kier alpha value is -2.66. The lowest BCUT2D eigenvalue weighted by Crippen LogP contribution is -2.32. The fraction of sp³-hybridized carbons (Fsp3) is 0.391. The highest BCUT2D eigenvalue weighted by Crippen LogP contribution is 2.25. The molecule has 0 saturated heterocycles. The Kier molecular flexibility index (Phi) is 8.20. The molecule has 0 spiro atoms. The number of hydrogen-bond acceptors (Lipinski definition) is 4. The summed E-state index contributed by atoms with van der Waals surface area (Å²) in [6, 6.07) is 14.8. The first-order valence-electron chi connectivity index (χ1n) is 9.74. The van der Waals surface area contributed by atoms with Gasteiger partial charge < -0.3 is 15.0 Å². The van der Waals surface area contributed by atoms with Crippen LogP contribution in [0.15, 0.2) is 48.5 Å². The fourth-order valence-electron chi connectivity index (χ4n) is 2.96. The van der Waals surface area contributed by atoms with Crippen molar-refractivity contribution in [3.63, 3.8) is 0 Å². The molecule has 0 radical (unpaired) electrons. The van der Waals surface area contributed by atoms with Crippen LogP contribution in [0, 0.1) is 0 Å². The largest absolute Gasteiger partial charge is 0.461 e. The number of ether oxygens (including phenoxy) is 1. The Morgan fingerprint density at radius 2 is 1.86 bits per heavy atom. The van der Waals surface area contributed by atoms with Gasteiger partial charge in [-0.1, -0.05) is 43.7 Å². The van der Waals surface area contributed by atoms with Gasteiger partial charge in [-0.15, -0.1) is 0 Å². The molecule has 0 aliphatic rings. The highest BCUT2D eigenvalue weighted by atomic mass is 16.5. The van der Waals surface area contributed by atoms with Crippen molar-refractivity contribution in [2.75, 3.05) is 27.2 Å². The first kappa shape index (κ1) is 21.6. The number of nitrogens with one attached hydrogen (secondary N) is 1. The maximum atomic E-state index is 12.7. The molecule has 0 aliphatic carbocycles. The first-order valence-corrected chi connectivity index (χ1v) is 9.74. The number of rotatable bonds is 9. The summed E-state index contributed by atoms with van der Waals surface area (Å²) in [6.07, 6.45) is 1.95. The molecule has 0 bridgehead atoms. The van der Waals surface area contributed by atoms with Crippen molar-refractivity contribution < 1.29 is 14.3 Å². The molecule has 0 aliphatic heterocycles. The Bertz CT molecular complexity index is 802. The van der Waals surface area contributed by atoms with Crippen LogP contribution in [0.5, 0.6) is 0 Å². The standard InChI is InChI=1S/C23H30N2O3/c1-5-9-17(2)24-22(26)21-13-7-6-12-20(21)18-10-8-11-19(16-18)23(27)28-15-14-25(3)4/h6-8,10-13,16-17H,5,9,14-15H2,1-4H3,(H,24,26). The maximum Gasteiger partial charge on any atom is 0.338 e. The molecule has 1 atom stereocenters. The van der Waals surface area contributed by atoms with E-state index in [1.165, 1.54) is 0 Å². The quantitative estimate of drug-likeness (QED) is 0.666. The Morgan fingerprint density at radius 3 is 2.57 bits per heavy atom. The second-order valence-electron chi connectivity index (χ2n) is 7.23. The van der Waals surface area contributed by atoms with Crippen molar-refractivity contribution in [2.45, 2.75) is 32.7 Å². The average Bonchev–Trinajstić information content (AvgIpc) is 2.68. The number of nitrogens with zero attached hydrogens (tertiary/aromatic N) is 1. The van der Waals surface area contributed by atoms with Gasteiger partial charge >= 0.3 is 5.97 Å². The number of hydrogen-bond donors (Lipinski definition) is 1. The van der Waals surface area contributed by atoms with Gasteiger partial charge in [0.25, 0.3) is 5.91 Å². The van der Waals surface area contributed by atoms with Crippen molar-refractivity contribution in [1.29, 1.82) is 0 Å². The molecule has 0 saturated carbocycles. The smallest absolute Gasteiger partial charge is 0.338 e. The van der Waals surface area contributed by atoms with Crippen molar-refractivity contribution in [3.8, 4) is 11.1 Å². The molecule has 5 nitrogen and oxygen atoms in total. The zero-order valence-corrected chi connectivity index (χ0v) is 17.2. The Balaban J connectivity index is 2.22. The van der Waals surface area contributed by atoms with Crippen molar-refractivity contribution in [2.24, 2.45) is 0 Å². The van der Waals surface area contributed by atoms with Crippen LogP contribution in [-0.4, -0.2) is 50.1 Å². The van der Waals surface area contributed by atoms with E-state index < -0.39 is 0 Å². The molecule has 2 aromatic carbocycles. The normalized spacial score (nSPS) is 11.9. The van der Waals surface area contributed by atoms with Crippen LogP contribution in [0.25, 0.3) is 11.1 Å². The summed E-state index contributed by atoms with van der Waals surface area (Å²) in [4.78, 5) is 27.0. The first-order chi connectivity index (χ1) is 13.4. The zero-order valence-electron chi connectivity index (χ0n) is 17.2. The highest BCUT2D eigenvalue weighted by Gasteiger charge is 2.16. The molecule has 0 heterocycles. The van der Waals surface area contributed by atoms with Crippen molar-refractivity contribution in [1.82, 2.24) is 10.2 Å². The van der Waals surface area contributed by atoms with Gasteiger partial charge in [-0.25, -0.2) is 4.79 Å². The molecule has 28 heavy (non-hydrogen) atoms. The van der Waals surface area contributed by atoms with Gasteiger partial charge in [0.05, 0.1) is 5.56 Å². The second kappa shape index (κ2) is 10.6. The Morgan fingerprint density at radius 1 is 1.11 bits per heavy atom. The van der Waals surface area contributed by atoms with Crippen LogP contribution < -0.4 is 5.32 Å². The summed E-state index contributed by atoms with van der Waals surface area (Å²) in [5, 5.41) is 3.05. The van der Waals surface area contributed by atoms with E-state index in [-0.39, 0.29) is 17.9 Å². The summed E-state index contributed by atoms with van der Waals surface area (Å²) in [6.45, 7) is 5.11. The molecular formula is C23H30N2O3. The highest BCUT2D eigenvalue weighted by molar-refractivity contribution is 6.01. The summed E-state index contributed by atoms with van der Waals surface area (Å²) in [5.74, 6) is -0.460. The maximum absolute atomic E-state index is 12.7. The molecule has 0 fully saturated rings. The van der Waals surface area contributed by atoms with Crippen molar-refractivity contribution >= 4 is 11.9 Å². The second-order valence-corrected chi connectivity index (χ2v) is 7.23. The summed E-state index contributed by atoms with van der Waals surface area (Å²) in [5.41, 5.74) is 2.69. The molecule has 1 amide bonds. The van der Waals surface area contributed by atoms with Gasteiger partial charge in [-0.3, -0.25) is 4.79 Å². The van der Waals surface area contributed by atoms with E-state index in [2.05, 4.69) is 12.2 Å². The minimum Gasteiger partial charge on any atom is -0.461 e. The van der Waals surface area contributed by atoms with Gasteiger partial charge in [-0.05, 0) is 56.8 Å². The van der Waals surface area contributed by atoms with Crippen LogP contribution in [0.1, 0.15) is 47.4 Å². The zero-order chi connectivity index (χ0) is 20.5. The number of likely N-dealkylation sites (N-methyl/N-ethyl adjacent to an activating group) is 1. The predicted octanol–water partition coefficient (Wildman–Crippen LogP) is 3.99. The lowest BCUT2D eigenvalue weighted by Gasteiger charge is -2.15. The monoisotopic (exact) mass is 382 g/mol. The number of amides is 1. The van der Waals surface area contributed by atoms with Crippen LogP contribution in [0.3, 0.4) is 0 Å². The van der Waals surface area contributed by atoms with E-state index in [0.29, 0.717) is 24.3 Å². The van der Waals surface area contributed by atoms with Crippen LogP contribution in [0.4, 0.5) is 0 Å². The average molecular weight is 383 g/mol. The molecule has 1 N–H and O–H groups in total. The number of carbonyl (C=O) groups is 2. The van der Waals surface area contributed by atoms with E-state index in [1.807, 2.05) is 62.3 Å². The molecule has 0 aromatic heterocycles. The Labute approximate surface area is 167 Å². The topological polar surface area (TPSA) is 58.6 Å². The molecule has 2 rings (SSSR count). The van der Waals surface area contributed by atoms with Crippen LogP contribution >= 0.6 is 0 Å². The lowest BCUT2D eigenvalue weighted by molar-refractivity contribution is 0.0482. The minimum absolute atomic E-state index is 0.101. The summed E-state index contributed by atoms with van der Waals surface area (Å²) < 4.78 is 5.33. The lowest BCUT2D eigenvalue weighted by atomic mass is 9.97. The SMILES string of the molecule is CCCC(C)NC(=O)c1ccccc1-c1cccc(C(=O)OCCN(C)C)c1.